The standard InChI is InChI=1S/C31H30FN5O5/c1-18-8-10-21(17-34-18)41-26-14-19(16-33)13-22-27(26)35-28(24-7-6-12-36(24)30(39)42-31(2,3)4)37(29(22)38)20-9-11-25(40-5)23(32)15-20/h8-11,13-15,17,24H,6-7,12H2,1-5H3. The molecule has 0 radical (unpaired) electrons. The molecule has 0 N–H and O–H groups in total. The number of benzene rings is 2. The first-order valence-electron chi connectivity index (χ1n) is 13.4. The highest BCUT2D eigenvalue weighted by Gasteiger charge is 2.37. The number of methoxy groups -OCH3 is 1. The second kappa shape index (κ2) is 11.1. The predicted octanol–water partition coefficient (Wildman–Crippen LogP) is 5.97. The number of carbonyl (C=O) groups is 1. The van der Waals surface area contributed by atoms with Gasteiger partial charge in [0.25, 0.3) is 5.56 Å². The molecular weight excluding hydrogens is 541 g/mol. The number of halogens is 1. The quantitative estimate of drug-likeness (QED) is 0.287. The van der Waals surface area contributed by atoms with Gasteiger partial charge in [0.1, 0.15) is 22.7 Å². The van der Waals surface area contributed by atoms with Gasteiger partial charge in [0.05, 0.1) is 42.1 Å². The molecule has 0 bridgehead atoms. The van der Waals surface area contributed by atoms with Gasteiger partial charge in [-0.15, -0.1) is 0 Å². The van der Waals surface area contributed by atoms with Gasteiger partial charge < -0.3 is 14.2 Å². The van der Waals surface area contributed by atoms with Gasteiger partial charge in [-0.1, -0.05) is 0 Å². The van der Waals surface area contributed by atoms with Gasteiger partial charge in [-0.25, -0.2) is 14.2 Å². The highest BCUT2D eigenvalue weighted by molar-refractivity contribution is 5.86. The van der Waals surface area contributed by atoms with Crippen molar-refractivity contribution in [2.24, 2.45) is 0 Å². The van der Waals surface area contributed by atoms with Crippen LogP contribution in [-0.2, 0) is 4.74 Å². The SMILES string of the molecule is COc1ccc(-n2c(C3CCCN3C(=O)OC(C)(C)C)nc3c(Oc4ccc(C)nc4)cc(C#N)cc3c2=O)cc1F. The number of carbonyl (C=O) groups excluding carboxylic acids is 1. The first-order chi connectivity index (χ1) is 20.0. The summed E-state index contributed by atoms with van der Waals surface area (Å²) >= 11 is 0. The van der Waals surface area contributed by atoms with Crippen molar-refractivity contribution in [1.29, 1.82) is 5.26 Å². The molecule has 2 aromatic carbocycles. The van der Waals surface area contributed by atoms with E-state index in [0.717, 1.165) is 5.69 Å². The number of fused-ring (bicyclic) bond motifs is 1. The van der Waals surface area contributed by atoms with Gasteiger partial charge in [0.15, 0.2) is 17.3 Å². The second-order valence-electron chi connectivity index (χ2n) is 11.0. The molecule has 216 valence electrons. The maximum atomic E-state index is 14.9. The van der Waals surface area contributed by atoms with Crippen molar-refractivity contribution in [1.82, 2.24) is 19.4 Å². The molecule has 1 aliphatic heterocycles. The molecule has 2 aromatic heterocycles. The molecule has 3 heterocycles. The van der Waals surface area contributed by atoms with Crippen LogP contribution in [0.25, 0.3) is 16.6 Å². The number of hydrogen-bond acceptors (Lipinski definition) is 8. The van der Waals surface area contributed by atoms with Crippen LogP contribution < -0.4 is 15.0 Å². The van der Waals surface area contributed by atoms with Crippen molar-refractivity contribution in [2.75, 3.05) is 13.7 Å². The number of likely N-dealkylation sites (tertiary alicyclic amines) is 1. The molecule has 11 heteroatoms. The fourth-order valence-electron chi connectivity index (χ4n) is 4.90. The van der Waals surface area contributed by atoms with Crippen LogP contribution in [0.3, 0.4) is 0 Å². The summed E-state index contributed by atoms with van der Waals surface area (Å²) in [7, 11) is 1.35. The molecule has 42 heavy (non-hydrogen) atoms. The zero-order valence-corrected chi connectivity index (χ0v) is 24.0. The van der Waals surface area contributed by atoms with E-state index in [2.05, 4.69) is 11.1 Å². The Hall–Kier alpha value is -4.98. The minimum absolute atomic E-state index is 0.00695. The number of nitriles is 1. The first kappa shape index (κ1) is 28.5. The summed E-state index contributed by atoms with van der Waals surface area (Å²) < 4.78 is 33.0. The number of amides is 1. The lowest BCUT2D eigenvalue weighted by molar-refractivity contribution is 0.0216. The minimum Gasteiger partial charge on any atom is -0.494 e. The number of nitrogens with zero attached hydrogens (tertiary/aromatic N) is 5. The number of aryl methyl sites for hydroxylation is 1. The Bertz CT molecular complexity index is 1770. The van der Waals surface area contributed by atoms with E-state index in [1.54, 1.807) is 32.9 Å². The summed E-state index contributed by atoms with van der Waals surface area (Å²) in [6.07, 6.45) is 2.11. The molecule has 0 aliphatic carbocycles. The van der Waals surface area contributed by atoms with Gasteiger partial charge >= 0.3 is 6.09 Å². The maximum Gasteiger partial charge on any atom is 0.410 e. The lowest BCUT2D eigenvalue weighted by Gasteiger charge is -2.29. The Morgan fingerprint density at radius 1 is 1.14 bits per heavy atom. The van der Waals surface area contributed by atoms with Crippen molar-refractivity contribution in [3.63, 3.8) is 0 Å². The van der Waals surface area contributed by atoms with Crippen LogP contribution in [0.1, 0.15) is 56.7 Å². The monoisotopic (exact) mass is 571 g/mol. The van der Waals surface area contributed by atoms with E-state index in [4.69, 9.17) is 19.2 Å². The first-order valence-corrected chi connectivity index (χ1v) is 13.4. The van der Waals surface area contributed by atoms with Crippen LogP contribution >= 0.6 is 0 Å². The lowest BCUT2D eigenvalue weighted by Crippen LogP contribution is -2.38. The number of aromatic nitrogens is 3. The van der Waals surface area contributed by atoms with E-state index in [-0.39, 0.29) is 39.5 Å². The minimum atomic E-state index is -0.739. The smallest absolute Gasteiger partial charge is 0.410 e. The zero-order valence-electron chi connectivity index (χ0n) is 24.0. The average Bonchev–Trinajstić information content (AvgIpc) is 3.44. The normalized spacial score (nSPS) is 15.0. The second-order valence-corrected chi connectivity index (χ2v) is 11.0. The Kier molecular flexibility index (Phi) is 7.56. The topological polar surface area (TPSA) is 120 Å². The van der Waals surface area contributed by atoms with Gasteiger partial charge in [-0.05, 0) is 70.9 Å². The van der Waals surface area contributed by atoms with E-state index in [0.29, 0.717) is 25.1 Å². The van der Waals surface area contributed by atoms with Crippen LogP contribution in [0.4, 0.5) is 9.18 Å². The van der Waals surface area contributed by atoms with Crippen LogP contribution in [0.2, 0.25) is 0 Å². The number of rotatable bonds is 5. The van der Waals surface area contributed by atoms with E-state index in [1.165, 1.54) is 53.1 Å². The van der Waals surface area contributed by atoms with E-state index >= 15 is 0 Å². The molecule has 1 atom stereocenters. The average molecular weight is 572 g/mol. The summed E-state index contributed by atoms with van der Waals surface area (Å²) in [5.41, 5.74) is 0.0440. The molecule has 10 nitrogen and oxygen atoms in total. The molecule has 5 rings (SSSR count). The molecule has 1 amide bonds. The third kappa shape index (κ3) is 5.61. The summed E-state index contributed by atoms with van der Waals surface area (Å²) in [5.74, 6) is 0.0930. The van der Waals surface area contributed by atoms with E-state index in [1.807, 2.05) is 6.92 Å². The summed E-state index contributed by atoms with van der Waals surface area (Å²) in [4.78, 5) is 38.2. The van der Waals surface area contributed by atoms with Gasteiger partial charge in [0, 0.05) is 24.4 Å². The number of ether oxygens (including phenoxy) is 3. The van der Waals surface area contributed by atoms with Crippen LogP contribution in [0, 0.1) is 24.1 Å². The van der Waals surface area contributed by atoms with Crippen molar-refractivity contribution in [3.8, 4) is 29.0 Å². The van der Waals surface area contributed by atoms with E-state index in [9.17, 15) is 19.2 Å². The Labute approximate surface area is 241 Å². The third-order valence-corrected chi connectivity index (χ3v) is 6.78. The summed E-state index contributed by atoms with van der Waals surface area (Å²) in [6, 6.07) is 11.9. The van der Waals surface area contributed by atoms with Gasteiger partial charge in [0.2, 0.25) is 0 Å². The lowest BCUT2D eigenvalue weighted by atomic mass is 10.1. The molecule has 1 unspecified atom stereocenters. The van der Waals surface area contributed by atoms with Crippen LogP contribution in [-0.4, -0.2) is 44.8 Å². The number of pyridine rings is 1. The van der Waals surface area contributed by atoms with Crippen molar-refractivity contribution in [3.05, 3.63) is 81.9 Å². The van der Waals surface area contributed by atoms with Gasteiger partial charge in [-0.3, -0.25) is 19.2 Å². The Morgan fingerprint density at radius 2 is 1.93 bits per heavy atom. The highest BCUT2D eigenvalue weighted by Crippen LogP contribution is 2.36. The molecule has 1 fully saturated rings. The Morgan fingerprint density at radius 3 is 2.57 bits per heavy atom. The maximum absolute atomic E-state index is 14.9. The van der Waals surface area contributed by atoms with Gasteiger partial charge in [-0.2, -0.15) is 5.26 Å². The van der Waals surface area contributed by atoms with Crippen molar-refractivity contribution >= 4 is 17.0 Å². The van der Waals surface area contributed by atoms with Crippen LogP contribution in [0.15, 0.2) is 53.5 Å². The summed E-state index contributed by atoms with van der Waals surface area (Å²) in [6.45, 7) is 7.55. The van der Waals surface area contributed by atoms with Crippen LogP contribution in [0.5, 0.6) is 17.2 Å². The molecule has 4 aromatic rings. The van der Waals surface area contributed by atoms with E-state index < -0.39 is 29.1 Å². The number of hydrogen-bond donors (Lipinski definition) is 0. The fraction of sp³-hybridized carbons (Fsp3) is 0.323. The predicted molar refractivity (Wildman–Crippen MR) is 153 cm³/mol. The van der Waals surface area contributed by atoms with Crippen molar-refractivity contribution in [2.45, 2.75) is 52.2 Å². The largest absolute Gasteiger partial charge is 0.494 e. The van der Waals surface area contributed by atoms with Crippen molar-refractivity contribution < 1.29 is 23.4 Å². The fourth-order valence-corrected chi connectivity index (χ4v) is 4.90. The molecular formula is C31H30FN5O5. The summed E-state index contributed by atoms with van der Waals surface area (Å²) in [5, 5.41) is 9.83. The molecule has 1 aliphatic rings. The molecule has 0 saturated carbocycles. The molecule has 1 saturated heterocycles. The molecule has 0 spiro atoms. The zero-order chi connectivity index (χ0) is 30.2. The third-order valence-electron chi connectivity index (χ3n) is 6.78. The highest BCUT2D eigenvalue weighted by atomic mass is 19.1. The Balaban J connectivity index is 1.77.